The zero-order chi connectivity index (χ0) is 11.6. The molecule has 0 rings (SSSR count). The molecule has 0 aliphatic rings. The van der Waals surface area contributed by atoms with E-state index in [1.54, 1.807) is 0 Å². The van der Waals surface area contributed by atoms with Crippen molar-refractivity contribution < 1.29 is 0 Å². The Labute approximate surface area is 105 Å². The number of alkyl halides is 2. The molecule has 0 bridgehead atoms. The van der Waals surface area contributed by atoms with Crippen molar-refractivity contribution in [1.29, 1.82) is 0 Å². The predicted molar refractivity (Wildman–Crippen MR) is 71.2 cm³/mol. The van der Waals surface area contributed by atoms with E-state index in [1.165, 1.54) is 38.5 Å². The van der Waals surface area contributed by atoms with E-state index in [0.29, 0.717) is 11.8 Å². The zero-order valence-electron chi connectivity index (χ0n) is 10.1. The normalized spacial score (nSPS) is 12.0. The molecule has 0 radical (unpaired) electrons. The molecule has 1 nitrogen and oxygen atoms in total. The quantitative estimate of drug-likeness (QED) is 0.455. The third kappa shape index (κ3) is 8.36. The van der Waals surface area contributed by atoms with Crippen molar-refractivity contribution in [1.82, 2.24) is 5.32 Å². The Morgan fingerprint density at radius 1 is 0.933 bits per heavy atom. The lowest BCUT2D eigenvalue weighted by molar-refractivity contribution is 0.425. The first-order valence-electron chi connectivity index (χ1n) is 6.05. The van der Waals surface area contributed by atoms with Crippen LogP contribution in [0.1, 0.15) is 52.4 Å². The fourth-order valence-electron chi connectivity index (χ4n) is 1.43. The highest BCUT2D eigenvalue weighted by molar-refractivity contribution is 6.22. The van der Waals surface area contributed by atoms with Gasteiger partial charge in [0.1, 0.15) is 0 Å². The summed E-state index contributed by atoms with van der Waals surface area (Å²) in [5, 5.41) is 3.42. The van der Waals surface area contributed by atoms with Crippen LogP contribution in [0.3, 0.4) is 0 Å². The molecule has 0 fully saturated rings. The van der Waals surface area contributed by atoms with Crippen molar-refractivity contribution in [3.63, 3.8) is 0 Å². The molecule has 0 saturated carbocycles. The van der Waals surface area contributed by atoms with Crippen LogP contribution < -0.4 is 5.32 Å². The molecule has 0 heterocycles. The number of nitrogens with one attached hydrogen (secondary N) is 1. The van der Waals surface area contributed by atoms with Gasteiger partial charge in [0.05, 0.1) is 0 Å². The maximum atomic E-state index is 5.84. The summed E-state index contributed by atoms with van der Waals surface area (Å²) >= 11 is 11.7. The van der Waals surface area contributed by atoms with E-state index in [2.05, 4.69) is 19.2 Å². The van der Waals surface area contributed by atoms with Crippen molar-refractivity contribution >= 4 is 23.2 Å². The molecule has 15 heavy (non-hydrogen) atoms. The average molecular weight is 254 g/mol. The Balaban J connectivity index is 3.29. The van der Waals surface area contributed by atoms with E-state index in [1.807, 2.05) is 0 Å². The Morgan fingerprint density at radius 3 is 2.00 bits per heavy atom. The number of hydrogen-bond acceptors (Lipinski definition) is 1. The molecule has 0 unspecified atom stereocenters. The molecule has 0 saturated heterocycles. The fraction of sp³-hybridized carbons (Fsp3) is 1.00. The van der Waals surface area contributed by atoms with Crippen LogP contribution in [-0.2, 0) is 0 Å². The summed E-state index contributed by atoms with van der Waals surface area (Å²) in [6, 6.07) is 0. The number of unbranched alkanes of at least 4 members (excludes halogenated alkanes) is 5. The summed E-state index contributed by atoms with van der Waals surface area (Å²) in [6.45, 7) is 5.35. The lowest BCUT2D eigenvalue weighted by atomic mass is 10.1. The third-order valence-electron chi connectivity index (χ3n) is 2.67. The highest BCUT2D eigenvalue weighted by atomic mass is 35.5. The van der Waals surface area contributed by atoms with Crippen LogP contribution in [0.15, 0.2) is 0 Å². The summed E-state index contributed by atoms with van der Waals surface area (Å²) in [7, 11) is 0. The van der Waals surface area contributed by atoms with Gasteiger partial charge < -0.3 is 5.32 Å². The topological polar surface area (TPSA) is 12.0 Å². The van der Waals surface area contributed by atoms with E-state index in [9.17, 15) is 0 Å². The van der Waals surface area contributed by atoms with Gasteiger partial charge in [-0.05, 0) is 19.9 Å². The van der Waals surface area contributed by atoms with Crippen LogP contribution in [0.5, 0.6) is 0 Å². The van der Waals surface area contributed by atoms with Gasteiger partial charge in [0.25, 0.3) is 0 Å². The molecule has 3 heteroatoms. The third-order valence-corrected chi connectivity index (χ3v) is 3.85. The Morgan fingerprint density at radius 2 is 1.47 bits per heavy atom. The maximum Gasteiger partial charge on any atom is 0.0425 e. The Bertz CT molecular complexity index is 136. The van der Waals surface area contributed by atoms with E-state index in [-0.39, 0.29) is 5.54 Å². The van der Waals surface area contributed by atoms with Crippen LogP contribution in [0.4, 0.5) is 0 Å². The van der Waals surface area contributed by atoms with Crippen molar-refractivity contribution in [2.75, 3.05) is 18.3 Å². The van der Waals surface area contributed by atoms with Crippen LogP contribution in [-0.4, -0.2) is 23.8 Å². The van der Waals surface area contributed by atoms with E-state index in [4.69, 9.17) is 23.2 Å². The van der Waals surface area contributed by atoms with Gasteiger partial charge in [0, 0.05) is 17.3 Å². The fourth-order valence-corrected chi connectivity index (χ4v) is 1.90. The van der Waals surface area contributed by atoms with Crippen molar-refractivity contribution in [3.05, 3.63) is 0 Å². The monoisotopic (exact) mass is 253 g/mol. The first kappa shape index (κ1) is 15.5. The van der Waals surface area contributed by atoms with Crippen molar-refractivity contribution in [3.8, 4) is 0 Å². The number of halogens is 2. The van der Waals surface area contributed by atoms with Crippen molar-refractivity contribution in [2.45, 2.75) is 57.9 Å². The molecular formula is C12H25Cl2N. The molecule has 0 amide bonds. The Hall–Kier alpha value is 0.540. The SMILES string of the molecule is CCCCCCCCNC(C)(CCl)CCl. The first-order valence-corrected chi connectivity index (χ1v) is 7.12. The smallest absolute Gasteiger partial charge is 0.0425 e. The average Bonchev–Trinajstić information content (AvgIpc) is 2.27. The molecular weight excluding hydrogens is 229 g/mol. The van der Waals surface area contributed by atoms with Gasteiger partial charge in [-0.1, -0.05) is 39.0 Å². The van der Waals surface area contributed by atoms with Gasteiger partial charge in [0.15, 0.2) is 0 Å². The van der Waals surface area contributed by atoms with Crippen LogP contribution in [0, 0.1) is 0 Å². The van der Waals surface area contributed by atoms with Gasteiger partial charge in [-0.2, -0.15) is 0 Å². The van der Waals surface area contributed by atoms with E-state index >= 15 is 0 Å². The van der Waals surface area contributed by atoms with Crippen LogP contribution in [0.25, 0.3) is 0 Å². The highest BCUT2D eigenvalue weighted by Crippen LogP contribution is 2.10. The van der Waals surface area contributed by atoms with Crippen molar-refractivity contribution in [2.24, 2.45) is 0 Å². The van der Waals surface area contributed by atoms with Gasteiger partial charge in [-0.25, -0.2) is 0 Å². The molecule has 0 aliphatic heterocycles. The highest BCUT2D eigenvalue weighted by Gasteiger charge is 2.20. The summed E-state index contributed by atoms with van der Waals surface area (Å²) < 4.78 is 0. The van der Waals surface area contributed by atoms with Gasteiger partial charge in [-0.15, -0.1) is 23.2 Å². The number of hydrogen-bond donors (Lipinski definition) is 1. The predicted octanol–water partition coefficient (Wildman–Crippen LogP) is 4.17. The van der Waals surface area contributed by atoms with E-state index in [0.717, 1.165) is 6.54 Å². The minimum atomic E-state index is -0.0907. The zero-order valence-corrected chi connectivity index (χ0v) is 11.6. The second-order valence-electron chi connectivity index (χ2n) is 4.52. The molecule has 1 N–H and O–H groups in total. The van der Waals surface area contributed by atoms with Gasteiger partial charge in [0.2, 0.25) is 0 Å². The first-order chi connectivity index (χ1) is 7.18. The molecule has 0 aliphatic carbocycles. The standard InChI is InChI=1S/C12H25Cl2N/c1-3-4-5-6-7-8-9-15-12(2,10-13)11-14/h15H,3-11H2,1-2H3. The summed E-state index contributed by atoms with van der Waals surface area (Å²) in [5.74, 6) is 1.15. The molecule has 0 aromatic carbocycles. The summed E-state index contributed by atoms with van der Waals surface area (Å²) in [5.41, 5.74) is -0.0907. The maximum absolute atomic E-state index is 5.84. The number of rotatable bonds is 10. The van der Waals surface area contributed by atoms with E-state index < -0.39 is 0 Å². The lowest BCUT2D eigenvalue weighted by Crippen LogP contribution is -2.46. The summed E-state index contributed by atoms with van der Waals surface area (Å²) in [4.78, 5) is 0. The molecule has 0 spiro atoms. The van der Waals surface area contributed by atoms with Gasteiger partial charge >= 0.3 is 0 Å². The lowest BCUT2D eigenvalue weighted by Gasteiger charge is -2.25. The molecule has 0 atom stereocenters. The molecule has 0 aromatic rings. The minimum Gasteiger partial charge on any atom is -0.309 e. The van der Waals surface area contributed by atoms with Gasteiger partial charge in [-0.3, -0.25) is 0 Å². The second-order valence-corrected chi connectivity index (χ2v) is 5.06. The second kappa shape index (κ2) is 9.74. The largest absolute Gasteiger partial charge is 0.309 e. The van der Waals surface area contributed by atoms with Crippen LogP contribution in [0.2, 0.25) is 0 Å². The summed E-state index contributed by atoms with van der Waals surface area (Å²) in [6.07, 6.45) is 7.96. The molecule has 0 aromatic heterocycles. The minimum absolute atomic E-state index is 0.0907. The van der Waals surface area contributed by atoms with Crippen LogP contribution >= 0.6 is 23.2 Å². The molecule has 92 valence electrons. The Kier molecular flexibility index (Phi) is 10.1.